The fourth-order valence-electron chi connectivity index (χ4n) is 1.15. The van der Waals surface area contributed by atoms with E-state index in [0.717, 1.165) is 18.1 Å². The molecular formula is C9H15N3O2S. The molecule has 0 saturated heterocycles. The van der Waals surface area contributed by atoms with Gasteiger partial charge in [0.2, 0.25) is 0 Å². The van der Waals surface area contributed by atoms with E-state index in [4.69, 9.17) is 10.8 Å². The molecule has 1 heterocycles. The van der Waals surface area contributed by atoms with Gasteiger partial charge in [0.25, 0.3) is 0 Å². The second kappa shape index (κ2) is 5.09. The van der Waals surface area contributed by atoms with Crippen LogP contribution in [0.25, 0.3) is 0 Å². The van der Waals surface area contributed by atoms with Gasteiger partial charge in [0.15, 0.2) is 5.13 Å². The number of carboxylic acids is 1. The molecule has 1 atom stereocenters. The van der Waals surface area contributed by atoms with Crippen molar-refractivity contribution in [3.8, 4) is 0 Å². The lowest BCUT2D eigenvalue weighted by Crippen LogP contribution is -2.22. The first-order valence-electron chi connectivity index (χ1n) is 4.71. The average molecular weight is 229 g/mol. The van der Waals surface area contributed by atoms with Gasteiger partial charge in [-0.15, -0.1) is 11.3 Å². The molecule has 0 radical (unpaired) electrons. The molecule has 0 aromatic carbocycles. The number of carbonyl (C=O) groups is 1. The highest BCUT2D eigenvalue weighted by atomic mass is 32.1. The summed E-state index contributed by atoms with van der Waals surface area (Å²) in [5, 5.41) is 11.2. The van der Waals surface area contributed by atoms with Crippen LogP contribution in [-0.2, 0) is 4.79 Å². The third-order valence-electron chi connectivity index (χ3n) is 1.98. The SMILES string of the molecule is CCCN(C)c1nc(C(N)C(=O)O)cs1. The maximum atomic E-state index is 10.6. The fourth-order valence-corrected chi connectivity index (χ4v) is 2.01. The topological polar surface area (TPSA) is 79.5 Å². The summed E-state index contributed by atoms with van der Waals surface area (Å²) < 4.78 is 0. The molecule has 0 spiro atoms. The van der Waals surface area contributed by atoms with Crippen molar-refractivity contribution >= 4 is 22.4 Å². The Labute approximate surface area is 92.5 Å². The van der Waals surface area contributed by atoms with Crippen LogP contribution in [0.2, 0.25) is 0 Å². The first-order valence-corrected chi connectivity index (χ1v) is 5.59. The minimum absolute atomic E-state index is 0.422. The van der Waals surface area contributed by atoms with Gasteiger partial charge in [-0.05, 0) is 6.42 Å². The Bertz CT molecular complexity index is 340. The van der Waals surface area contributed by atoms with Crippen molar-refractivity contribution in [1.82, 2.24) is 4.98 Å². The van der Waals surface area contributed by atoms with Crippen LogP contribution >= 0.6 is 11.3 Å². The first kappa shape index (κ1) is 11.9. The normalized spacial score (nSPS) is 12.5. The molecule has 3 N–H and O–H groups in total. The van der Waals surface area contributed by atoms with Crippen molar-refractivity contribution in [3.05, 3.63) is 11.1 Å². The zero-order chi connectivity index (χ0) is 11.4. The van der Waals surface area contributed by atoms with E-state index in [2.05, 4.69) is 11.9 Å². The lowest BCUT2D eigenvalue weighted by molar-refractivity contribution is -0.138. The number of hydrogen-bond donors (Lipinski definition) is 2. The summed E-state index contributed by atoms with van der Waals surface area (Å²) >= 11 is 1.41. The molecule has 0 amide bonds. The van der Waals surface area contributed by atoms with Gasteiger partial charge >= 0.3 is 5.97 Å². The molecule has 84 valence electrons. The van der Waals surface area contributed by atoms with Gasteiger partial charge in [-0.1, -0.05) is 6.92 Å². The molecule has 1 aromatic rings. The summed E-state index contributed by atoms with van der Waals surface area (Å²) in [5.41, 5.74) is 5.87. The van der Waals surface area contributed by atoms with Crippen LogP contribution in [0.4, 0.5) is 5.13 Å². The number of aromatic nitrogens is 1. The third kappa shape index (κ3) is 2.90. The molecule has 0 aliphatic rings. The Kier molecular flexibility index (Phi) is 4.05. The van der Waals surface area contributed by atoms with Crippen LogP contribution in [0, 0.1) is 0 Å². The molecular weight excluding hydrogens is 214 g/mol. The number of rotatable bonds is 5. The van der Waals surface area contributed by atoms with Crippen LogP contribution in [0.15, 0.2) is 5.38 Å². The Morgan fingerprint density at radius 3 is 3.00 bits per heavy atom. The first-order chi connectivity index (χ1) is 7.06. The van der Waals surface area contributed by atoms with E-state index in [-0.39, 0.29) is 0 Å². The molecule has 1 aromatic heterocycles. The second-order valence-corrected chi connectivity index (χ2v) is 4.13. The number of carboxylic acid groups (broad SMARTS) is 1. The fraction of sp³-hybridized carbons (Fsp3) is 0.556. The average Bonchev–Trinajstić information content (AvgIpc) is 2.65. The number of aliphatic carboxylic acids is 1. The Balaban J connectivity index is 2.75. The number of hydrogen-bond acceptors (Lipinski definition) is 5. The van der Waals surface area contributed by atoms with Gasteiger partial charge in [0.05, 0.1) is 5.69 Å². The summed E-state index contributed by atoms with van der Waals surface area (Å²) in [6.45, 7) is 2.98. The maximum absolute atomic E-state index is 10.6. The third-order valence-corrected chi connectivity index (χ3v) is 2.95. The van der Waals surface area contributed by atoms with Crippen molar-refractivity contribution in [1.29, 1.82) is 0 Å². The smallest absolute Gasteiger partial charge is 0.326 e. The Morgan fingerprint density at radius 2 is 2.47 bits per heavy atom. The van der Waals surface area contributed by atoms with Gasteiger partial charge in [-0.2, -0.15) is 0 Å². The molecule has 0 aliphatic carbocycles. The lowest BCUT2D eigenvalue weighted by atomic mass is 10.2. The van der Waals surface area contributed by atoms with Gasteiger partial charge in [0, 0.05) is 19.0 Å². The summed E-state index contributed by atoms with van der Waals surface area (Å²) in [6, 6.07) is -1.02. The van der Waals surface area contributed by atoms with Crippen LogP contribution in [0.3, 0.4) is 0 Å². The monoisotopic (exact) mass is 229 g/mol. The van der Waals surface area contributed by atoms with Crippen molar-refractivity contribution in [2.75, 3.05) is 18.5 Å². The van der Waals surface area contributed by atoms with E-state index in [1.807, 2.05) is 11.9 Å². The highest BCUT2D eigenvalue weighted by Crippen LogP contribution is 2.22. The molecule has 6 heteroatoms. The summed E-state index contributed by atoms with van der Waals surface area (Å²) in [7, 11) is 1.93. The van der Waals surface area contributed by atoms with E-state index in [1.54, 1.807) is 5.38 Å². The van der Waals surface area contributed by atoms with Crippen LogP contribution in [-0.4, -0.2) is 29.7 Å². The number of nitrogens with zero attached hydrogens (tertiary/aromatic N) is 2. The molecule has 0 saturated carbocycles. The Morgan fingerprint density at radius 1 is 1.80 bits per heavy atom. The second-order valence-electron chi connectivity index (χ2n) is 3.29. The zero-order valence-corrected chi connectivity index (χ0v) is 9.62. The van der Waals surface area contributed by atoms with Gasteiger partial charge in [0.1, 0.15) is 6.04 Å². The number of nitrogens with two attached hydrogens (primary N) is 1. The van der Waals surface area contributed by atoms with Crippen molar-refractivity contribution in [3.63, 3.8) is 0 Å². The van der Waals surface area contributed by atoms with Crippen LogP contribution in [0.1, 0.15) is 25.1 Å². The molecule has 1 unspecified atom stereocenters. The number of anilines is 1. The molecule has 0 aliphatic heterocycles. The standard InChI is InChI=1S/C9H15N3O2S/c1-3-4-12(2)9-11-6(5-15-9)7(10)8(13)14/h5,7H,3-4,10H2,1-2H3,(H,13,14). The van der Waals surface area contributed by atoms with Gasteiger partial charge < -0.3 is 15.7 Å². The van der Waals surface area contributed by atoms with Crippen LogP contribution < -0.4 is 10.6 Å². The quantitative estimate of drug-likeness (QED) is 0.789. The summed E-state index contributed by atoms with van der Waals surface area (Å²) in [5.74, 6) is -1.05. The summed E-state index contributed by atoms with van der Waals surface area (Å²) in [6.07, 6.45) is 1.02. The lowest BCUT2D eigenvalue weighted by Gasteiger charge is -2.13. The molecule has 1 rings (SSSR count). The van der Waals surface area contributed by atoms with E-state index < -0.39 is 12.0 Å². The van der Waals surface area contributed by atoms with E-state index in [9.17, 15) is 4.79 Å². The summed E-state index contributed by atoms with van der Waals surface area (Å²) in [4.78, 5) is 16.8. The minimum atomic E-state index is -1.05. The predicted molar refractivity (Wildman–Crippen MR) is 60.2 cm³/mol. The van der Waals surface area contributed by atoms with Gasteiger partial charge in [-0.25, -0.2) is 4.98 Å². The van der Waals surface area contributed by atoms with E-state index in [1.165, 1.54) is 11.3 Å². The van der Waals surface area contributed by atoms with Gasteiger partial charge in [-0.3, -0.25) is 4.79 Å². The van der Waals surface area contributed by atoms with Crippen LogP contribution in [0.5, 0.6) is 0 Å². The molecule has 0 fully saturated rings. The maximum Gasteiger partial charge on any atom is 0.326 e. The zero-order valence-electron chi connectivity index (χ0n) is 8.80. The van der Waals surface area contributed by atoms with E-state index >= 15 is 0 Å². The Hall–Kier alpha value is -1.14. The van der Waals surface area contributed by atoms with Crippen molar-refractivity contribution < 1.29 is 9.90 Å². The number of thiazole rings is 1. The molecule has 0 bridgehead atoms. The highest BCUT2D eigenvalue weighted by Gasteiger charge is 2.18. The molecule has 5 nitrogen and oxygen atoms in total. The van der Waals surface area contributed by atoms with E-state index in [0.29, 0.717) is 5.69 Å². The predicted octanol–water partition coefficient (Wildman–Crippen LogP) is 1.07. The van der Waals surface area contributed by atoms with Crippen molar-refractivity contribution in [2.24, 2.45) is 5.73 Å². The van der Waals surface area contributed by atoms with Crippen molar-refractivity contribution in [2.45, 2.75) is 19.4 Å². The molecule has 15 heavy (non-hydrogen) atoms. The minimum Gasteiger partial charge on any atom is -0.480 e. The highest BCUT2D eigenvalue weighted by molar-refractivity contribution is 7.13. The largest absolute Gasteiger partial charge is 0.480 e.